The van der Waals surface area contributed by atoms with E-state index in [1.807, 2.05) is 60.3 Å². The topological polar surface area (TPSA) is 134 Å². The van der Waals surface area contributed by atoms with E-state index in [9.17, 15) is 29.1 Å². The van der Waals surface area contributed by atoms with Crippen LogP contribution in [0.3, 0.4) is 0 Å². The second-order valence-corrected chi connectivity index (χ2v) is 13.9. The number of carboxylic acids is 1. The van der Waals surface area contributed by atoms with Crippen LogP contribution < -0.4 is 0 Å². The van der Waals surface area contributed by atoms with Gasteiger partial charge in [-0.2, -0.15) is 0 Å². The number of hydrogen-bond donors (Lipinski definition) is 1. The zero-order valence-electron chi connectivity index (χ0n) is 30.6. The minimum atomic E-state index is -1.02. The molecule has 0 radical (unpaired) electrons. The van der Waals surface area contributed by atoms with E-state index in [-0.39, 0.29) is 72.5 Å². The molecule has 11 nitrogen and oxygen atoms in total. The molecule has 1 aliphatic rings. The molecule has 0 bridgehead atoms. The van der Waals surface area contributed by atoms with E-state index in [1.54, 1.807) is 33.2 Å². The van der Waals surface area contributed by atoms with Gasteiger partial charge in [-0.25, -0.2) is 0 Å². The van der Waals surface area contributed by atoms with Crippen molar-refractivity contribution in [2.75, 3.05) is 41.4 Å². The molecule has 0 spiro atoms. The molecule has 0 unspecified atom stereocenters. The number of nitrogens with zero attached hydrogens (tertiary/aromatic N) is 3. The highest BCUT2D eigenvalue weighted by Crippen LogP contribution is 2.31. The lowest BCUT2D eigenvalue weighted by Crippen LogP contribution is -2.54. The zero-order chi connectivity index (χ0) is 35.5. The third kappa shape index (κ3) is 10.8. The molecule has 0 saturated carbocycles. The van der Waals surface area contributed by atoms with E-state index < -0.39 is 36.2 Å². The first-order valence-corrected chi connectivity index (χ1v) is 17.1. The van der Waals surface area contributed by atoms with Crippen LogP contribution in [-0.2, 0) is 33.4 Å². The van der Waals surface area contributed by atoms with E-state index in [2.05, 4.69) is 0 Å². The lowest BCUT2D eigenvalue weighted by molar-refractivity contribution is -0.149. The summed E-state index contributed by atoms with van der Waals surface area (Å²) < 4.78 is 11.8. The van der Waals surface area contributed by atoms with Crippen molar-refractivity contribution in [1.29, 1.82) is 0 Å². The number of aliphatic carboxylic acids is 1. The van der Waals surface area contributed by atoms with Gasteiger partial charge in [0.2, 0.25) is 11.8 Å². The summed E-state index contributed by atoms with van der Waals surface area (Å²) in [6.45, 7) is 15.6. The smallest absolute Gasteiger partial charge is 0.317 e. The van der Waals surface area contributed by atoms with Crippen molar-refractivity contribution in [2.45, 2.75) is 124 Å². The Kier molecular flexibility index (Phi) is 17.6. The van der Waals surface area contributed by atoms with Crippen LogP contribution in [0.15, 0.2) is 0 Å². The fourth-order valence-electron chi connectivity index (χ4n) is 7.31. The van der Waals surface area contributed by atoms with Gasteiger partial charge in [-0.3, -0.25) is 28.9 Å². The summed E-state index contributed by atoms with van der Waals surface area (Å²) in [6, 6.07) is -1.28. The maximum Gasteiger partial charge on any atom is 0.317 e. The molecule has 1 aliphatic heterocycles. The number of ketones is 2. The minimum Gasteiger partial charge on any atom is -0.480 e. The molecule has 1 saturated heterocycles. The van der Waals surface area contributed by atoms with Crippen LogP contribution >= 0.6 is 0 Å². The highest BCUT2D eigenvalue weighted by molar-refractivity contribution is 5.90. The van der Waals surface area contributed by atoms with Crippen molar-refractivity contribution < 1.29 is 38.6 Å². The summed E-state index contributed by atoms with van der Waals surface area (Å²) in [7, 11) is 6.49. The first kappa shape index (κ1) is 41.7. The van der Waals surface area contributed by atoms with Crippen LogP contribution in [-0.4, -0.2) is 121 Å². The monoisotopic (exact) mass is 653 g/mol. The third-order valence-corrected chi connectivity index (χ3v) is 10.1. The minimum absolute atomic E-state index is 0.0105. The number of hydrogen-bond acceptors (Lipinski definition) is 8. The molecule has 0 aromatic carbocycles. The Morgan fingerprint density at radius 1 is 0.891 bits per heavy atom. The summed E-state index contributed by atoms with van der Waals surface area (Å²) in [6.07, 6.45) is 1.77. The molecule has 0 aromatic rings. The molecule has 0 aromatic heterocycles. The Morgan fingerprint density at radius 3 is 1.96 bits per heavy atom. The summed E-state index contributed by atoms with van der Waals surface area (Å²) in [5, 5.41) is 9.31. The van der Waals surface area contributed by atoms with Crippen LogP contribution in [0.2, 0.25) is 0 Å². The second-order valence-electron chi connectivity index (χ2n) is 13.9. The summed E-state index contributed by atoms with van der Waals surface area (Å²) in [5.74, 6) is -2.64. The van der Waals surface area contributed by atoms with E-state index in [0.717, 1.165) is 19.3 Å². The highest BCUT2D eigenvalue weighted by Gasteiger charge is 2.43. The number of Topliss-reactive ketones (excluding diaryl/α,β-unsaturated/α-hetero) is 2. The predicted molar refractivity (Wildman–Crippen MR) is 178 cm³/mol. The standard InChI is InChI=1S/C35H63N3O8/c1-13-23(7)33(29(45-11)19-30(41)38-17-15-16-26(38)34(46-12)24(8)27(39)14-2)37(10)35(44)25(21(3)4)18-28(40)32(22(5)6)36(9)20-31(42)43/h21-26,29,32-34H,13-20H2,1-12H3,(H,42,43)/t23-,24-,25-,26-,29+,32-,33-,34+/m0/s1. The SMILES string of the molecule is CCC(=O)[C@H](C)[C@@H](OC)[C@@H]1CCCN1C(=O)C[C@@H](OC)[C@H]([C@@H](C)CC)N(C)C(=O)[C@@H](CC(=O)[C@H](C(C)C)N(C)CC(=O)O)C(C)C. The summed E-state index contributed by atoms with van der Waals surface area (Å²) in [4.78, 5) is 70.6. The van der Waals surface area contributed by atoms with Gasteiger partial charge in [0.15, 0.2) is 5.78 Å². The van der Waals surface area contributed by atoms with Gasteiger partial charge in [0.1, 0.15) is 5.78 Å². The Morgan fingerprint density at radius 2 is 1.50 bits per heavy atom. The average Bonchev–Trinajstić information content (AvgIpc) is 3.47. The van der Waals surface area contributed by atoms with Crippen molar-refractivity contribution in [3.8, 4) is 0 Å². The van der Waals surface area contributed by atoms with Crippen LogP contribution in [0, 0.1) is 29.6 Å². The zero-order valence-corrected chi connectivity index (χ0v) is 30.6. The number of likely N-dealkylation sites (tertiary alicyclic amines) is 1. The van der Waals surface area contributed by atoms with E-state index >= 15 is 0 Å². The number of likely N-dealkylation sites (N-methyl/N-ethyl adjacent to an activating group) is 2. The Balaban J connectivity index is 3.29. The van der Waals surface area contributed by atoms with Crippen molar-refractivity contribution in [2.24, 2.45) is 29.6 Å². The van der Waals surface area contributed by atoms with Gasteiger partial charge in [0, 0.05) is 52.5 Å². The van der Waals surface area contributed by atoms with E-state index in [1.165, 1.54) is 4.90 Å². The number of amides is 2. The van der Waals surface area contributed by atoms with Gasteiger partial charge in [0.25, 0.3) is 0 Å². The average molecular weight is 654 g/mol. The number of carbonyl (C=O) groups excluding carboxylic acids is 4. The number of carboxylic acid groups (broad SMARTS) is 1. The molecular formula is C35H63N3O8. The van der Waals surface area contributed by atoms with Crippen molar-refractivity contribution in [3.05, 3.63) is 0 Å². The molecule has 1 N–H and O–H groups in total. The fraction of sp³-hybridized carbons (Fsp3) is 0.857. The van der Waals surface area contributed by atoms with Crippen molar-refractivity contribution in [1.82, 2.24) is 14.7 Å². The maximum absolute atomic E-state index is 14.2. The summed E-state index contributed by atoms with van der Waals surface area (Å²) >= 11 is 0. The fourth-order valence-corrected chi connectivity index (χ4v) is 7.31. The number of ether oxygens (including phenoxy) is 2. The Hall–Kier alpha value is -2.37. The maximum atomic E-state index is 14.2. The van der Waals surface area contributed by atoms with E-state index in [0.29, 0.717) is 13.0 Å². The summed E-state index contributed by atoms with van der Waals surface area (Å²) in [5.41, 5.74) is 0. The first-order valence-electron chi connectivity index (χ1n) is 17.1. The quantitative estimate of drug-likeness (QED) is 0.194. The second kappa shape index (κ2) is 19.5. The van der Waals surface area contributed by atoms with Gasteiger partial charge in [-0.1, -0.05) is 61.8 Å². The molecule has 46 heavy (non-hydrogen) atoms. The highest BCUT2D eigenvalue weighted by atomic mass is 16.5. The van der Waals surface area contributed by atoms with Crippen LogP contribution in [0.4, 0.5) is 0 Å². The van der Waals surface area contributed by atoms with Gasteiger partial charge >= 0.3 is 5.97 Å². The first-order chi connectivity index (χ1) is 21.5. The van der Waals surface area contributed by atoms with Crippen LogP contribution in [0.5, 0.6) is 0 Å². The van der Waals surface area contributed by atoms with Gasteiger partial charge in [0.05, 0.1) is 43.3 Å². The molecule has 2 amide bonds. The third-order valence-electron chi connectivity index (χ3n) is 10.1. The molecule has 266 valence electrons. The van der Waals surface area contributed by atoms with Crippen LogP contribution in [0.25, 0.3) is 0 Å². The molecule has 0 aliphatic carbocycles. The predicted octanol–water partition coefficient (Wildman–Crippen LogP) is 4.16. The molecule has 1 heterocycles. The molecule has 1 fully saturated rings. The number of carbonyl (C=O) groups is 5. The van der Waals surface area contributed by atoms with Crippen molar-refractivity contribution >= 4 is 29.4 Å². The number of rotatable bonds is 21. The lowest BCUT2D eigenvalue weighted by atomic mass is 9.83. The van der Waals surface area contributed by atoms with Gasteiger partial charge in [-0.15, -0.1) is 0 Å². The molecule has 1 rings (SSSR count). The number of methoxy groups -OCH3 is 2. The van der Waals surface area contributed by atoms with Gasteiger partial charge < -0.3 is 24.4 Å². The molecular weight excluding hydrogens is 590 g/mol. The molecule has 11 heteroatoms. The molecule has 8 atom stereocenters. The van der Waals surface area contributed by atoms with Crippen molar-refractivity contribution in [3.63, 3.8) is 0 Å². The van der Waals surface area contributed by atoms with E-state index in [4.69, 9.17) is 9.47 Å². The Labute approximate surface area is 277 Å². The normalized spacial score (nSPS) is 19.9. The van der Waals surface area contributed by atoms with Gasteiger partial charge in [-0.05, 0) is 37.6 Å². The lowest BCUT2D eigenvalue weighted by Gasteiger charge is -2.41. The Bertz CT molecular complexity index is 1020. The largest absolute Gasteiger partial charge is 0.480 e. The van der Waals surface area contributed by atoms with Crippen LogP contribution in [0.1, 0.15) is 93.9 Å².